The van der Waals surface area contributed by atoms with E-state index < -0.39 is 5.82 Å². The molecule has 1 amide bonds. The summed E-state index contributed by atoms with van der Waals surface area (Å²) in [5, 5.41) is 2.70. The number of methoxy groups -OCH3 is 1. The Labute approximate surface area is 88.2 Å². The Bertz CT molecular complexity index is 352. The van der Waals surface area contributed by atoms with E-state index in [1.54, 1.807) is 19.1 Å². The first-order valence-electron chi connectivity index (χ1n) is 4.76. The molecule has 0 saturated carbocycles. The zero-order chi connectivity index (χ0) is 11.3. The smallest absolute Gasteiger partial charge is 0.219 e. The summed E-state index contributed by atoms with van der Waals surface area (Å²) in [6, 6.07) is 4.52. The van der Waals surface area contributed by atoms with Crippen molar-refractivity contribution in [2.75, 3.05) is 7.11 Å². The van der Waals surface area contributed by atoms with Gasteiger partial charge in [-0.15, -0.1) is 0 Å². The average Bonchev–Trinajstić information content (AvgIpc) is 2.27. The molecular formula is C11H14FNO2. The number of hydrogen-bond acceptors (Lipinski definition) is 2. The van der Waals surface area contributed by atoms with E-state index in [1.807, 2.05) is 0 Å². The van der Waals surface area contributed by atoms with Crippen molar-refractivity contribution < 1.29 is 13.9 Å². The van der Waals surface area contributed by atoms with Gasteiger partial charge in [-0.3, -0.25) is 4.79 Å². The van der Waals surface area contributed by atoms with Crippen LogP contribution in [-0.2, 0) is 11.3 Å². The van der Waals surface area contributed by atoms with Gasteiger partial charge in [-0.1, -0.05) is 13.0 Å². The molecule has 0 saturated heterocycles. The summed E-state index contributed by atoms with van der Waals surface area (Å²) in [4.78, 5) is 11.0. The predicted molar refractivity (Wildman–Crippen MR) is 55.1 cm³/mol. The summed E-state index contributed by atoms with van der Waals surface area (Å²) in [6.45, 7) is 2.17. The third-order valence-corrected chi connectivity index (χ3v) is 2.03. The van der Waals surface area contributed by atoms with Crippen molar-refractivity contribution in [3.63, 3.8) is 0 Å². The van der Waals surface area contributed by atoms with Gasteiger partial charge in [-0.25, -0.2) is 4.39 Å². The number of amides is 1. The second-order valence-electron chi connectivity index (χ2n) is 3.10. The van der Waals surface area contributed by atoms with E-state index >= 15 is 0 Å². The largest absolute Gasteiger partial charge is 0.494 e. The fourth-order valence-corrected chi connectivity index (χ4v) is 1.14. The highest BCUT2D eigenvalue weighted by Gasteiger charge is 2.04. The van der Waals surface area contributed by atoms with Crippen molar-refractivity contribution in [1.29, 1.82) is 0 Å². The first kappa shape index (κ1) is 11.5. The summed E-state index contributed by atoms with van der Waals surface area (Å²) in [7, 11) is 1.41. The van der Waals surface area contributed by atoms with Crippen LogP contribution in [0.5, 0.6) is 5.75 Å². The van der Waals surface area contributed by atoms with E-state index in [4.69, 9.17) is 4.74 Å². The third-order valence-electron chi connectivity index (χ3n) is 2.03. The van der Waals surface area contributed by atoms with Crippen molar-refractivity contribution in [2.24, 2.45) is 0 Å². The van der Waals surface area contributed by atoms with Gasteiger partial charge >= 0.3 is 0 Å². The van der Waals surface area contributed by atoms with E-state index in [0.717, 1.165) is 5.56 Å². The predicted octanol–water partition coefficient (Wildman–Crippen LogP) is 1.86. The number of rotatable bonds is 4. The maximum absolute atomic E-state index is 13.0. The molecule has 4 heteroatoms. The van der Waals surface area contributed by atoms with Crippen LogP contribution in [0, 0.1) is 5.82 Å². The first-order valence-corrected chi connectivity index (χ1v) is 4.76. The lowest BCUT2D eigenvalue weighted by atomic mass is 10.2. The minimum Gasteiger partial charge on any atom is -0.494 e. The molecule has 0 radical (unpaired) electrons. The van der Waals surface area contributed by atoms with Crippen LogP contribution in [0.25, 0.3) is 0 Å². The topological polar surface area (TPSA) is 38.3 Å². The lowest BCUT2D eigenvalue weighted by molar-refractivity contribution is -0.120. The van der Waals surface area contributed by atoms with Gasteiger partial charge in [-0.05, 0) is 17.7 Å². The average molecular weight is 211 g/mol. The number of nitrogens with one attached hydrogen (secondary N) is 1. The minimum atomic E-state index is -0.400. The van der Waals surface area contributed by atoms with Crippen LogP contribution >= 0.6 is 0 Å². The van der Waals surface area contributed by atoms with E-state index in [2.05, 4.69) is 5.32 Å². The summed E-state index contributed by atoms with van der Waals surface area (Å²) >= 11 is 0. The van der Waals surface area contributed by atoms with Crippen molar-refractivity contribution >= 4 is 5.91 Å². The number of halogens is 1. The molecule has 1 rings (SSSR count). The molecule has 0 aliphatic carbocycles. The second kappa shape index (κ2) is 5.34. The molecule has 0 fully saturated rings. The SMILES string of the molecule is CCC(=O)NCc1ccc(F)c(OC)c1. The van der Waals surface area contributed by atoms with Crippen molar-refractivity contribution in [3.05, 3.63) is 29.6 Å². The van der Waals surface area contributed by atoms with Crippen molar-refractivity contribution in [1.82, 2.24) is 5.32 Å². The van der Waals surface area contributed by atoms with Gasteiger partial charge in [0.15, 0.2) is 11.6 Å². The van der Waals surface area contributed by atoms with Crippen LogP contribution in [-0.4, -0.2) is 13.0 Å². The highest BCUT2D eigenvalue weighted by atomic mass is 19.1. The van der Waals surface area contributed by atoms with E-state index in [1.165, 1.54) is 13.2 Å². The first-order chi connectivity index (χ1) is 7.17. The molecule has 1 aromatic rings. The van der Waals surface area contributed by atoms with Gasteiger partial charge in [-0.2, -0.15) is 0 Å². The number of benzene rings is 1. The summed E-state index contributed by atoms with van der Waals surface area (Å²) in [5.74, 6) is -0.236. The van der Waals surface area contributed by atoms with Crippen LogP contribution in [0.15, 0.2) is 18.2 Å². The molecule has 15 heavy (non-hydrogen) atoms. The lowest BCUT2D eigenvalue weighted by Crippen LogP contribution is -2.21. The Morgan fingerprint density at radius 2 is 2.27 bits per heavy atom. The molecule has 0 spiro atoms. The molecular weight excluding hydrogens is 197 g/mol. The van der Waals surface area contributed by atoms with Gasteiger partial charge < -0.3 is 10.1 Å². The molecule has 1 N–H and O–H groups in total. The molecule has 82 valence electrons. The van der Waals surface area contributed by atoms with Crippen molar-refractivity contribution in [3.8, 4) is 5.75 Å². The standard InChI is InChI=1S/C11H14FNO2/c1-3-11(14)13-7-8-4-5-9(12)10(6-8)15-2/h4-6H,3,7H2,1-2H3,(H,13,14). The fourth-order valence-electron chi connectivity index (χ4n) is 1.14. The molecule has 0 aliphatic heterocycles. The Morgan fingerprint density at radius 3 is 2.87 bits per heavy atom. The molecule has 0 atom stereocenters. The summed E-state index contributed by atoms with van der Waals surface area (Å²) in [5.41, 5.74) is 0.815. The molecule has 3 nitrogen and oxygen atoms in total. The molecule has 0 aromatic heterocycles. The van der Waals surface area contributed by atoms with Crippen LogP contribution in [0.4, 0.5) is 4.39 Å². The van der Waals surface area contributed by atoms with Crippen LogP contribution < -0.4 is 10.1 Å². The molecule has 0 heterocycles. The third kappa shape index (κ3) is 3.23. The van der Waals surface area contributed by atoms with Crippen LogP contribution in [0.1, 0.15) is 18.9 Å². The second-order valence-corrected chi connectivity index (χ2v) is 3.10. The maximum Gasteiger partial charge on any atom is 0.219 e. The van der Waals surface area contributed by atoms with Gasteiger partial charge in [0, 0.05) is 13.0 Å². The van der Waals surface area contributed by atoms with Crippen LogP contribution in [0.3, 0.4) is 0 Å². The van der Waals surface area contributed by atoms with Crippen LogP contribution in [0.2, 0.25) is 0 Å². The molecule has 0 aliphatic rings. The Balaban J connectivity index is 2.66. The fraction of sp³-hybridized carbons (Fsp3) is 0.364. The summed E-state index contributed by atoms with van der Waals surface area (Å²) in [6.07, 6.45) is 0.443. The number of hydrogen-bond donors (Lipinski definition) is 1. The molecule has 1 aromatic carbocycles. The van der Waals surface area contributed by atoms with Gasteiger partial charge in [0.05, 0.1) is 7.11 Å². The highest BCUT2D eigenvalue weighted by Crippen LogP contribution is 2.17. The van der Waals surface area contributed by atoms with Gasteiger partial charge in [0.25, 0.3) is 0 Å². The highest BCUT2D eigenvalue weighted by molar-refractivity contribution is 5.75. The minimum absolute atomic E-state index is 0.0294. The van der Waals surface area contributed by atoms with E-state index in [9.17, 15) is 9.18 Å². The summed E-state index contributed by atoms with van der Waals surface area (Å²) < 4.78 is 17.9. The zero-order valence-corrected chi connectivity index (χ0v) is 8.84. The lowest BCUT2D eigenvalue weighted by Gasteiger charge is -2.06. The Morgan fingerprint density at radius 1 is 1.53 bits per heavy atom. The Kier molecular flexibility index (Phi) is 4.09. The number of ether oxygens (including phenoxy) is 1. The number of carbonyl (C=O) groups is 1. The molecule has 0 unspecified atom stereocenters. The van der Waals surface area contributed by atoms with Crippen molar-refractivity contribution in [2.45, 2.75) is 19.9 Å². The number of carbonyl (C=O) groups excluding carboxylic acids is 1. The maximum atomic E-state index is 13.0. The normalized spacial score (nSPS) is 9.80. The molecule has 0 bridgehead atoms. The monoisotopic (exact) mass is 211 g/mol. The zero-order valence-electron chi connectivity index (χ0n) is 8.84. The van der Waals surface area contributed by atoms with Gasteiger partial charge in [0.2, 0.25) is 5.91 Å². The Hall–Kier alpha value is -1.58. The quantitative estimate of drug-likeness (QED) is 0.825. The van der Waals surface area contributed by atoms with E-state index in [0.29, 0.717) is 13.0 Å². The van der Waals surface area contributed by atoms with Gasteiger partial charge in [0.1, 0.15) is 0 Å². The van der Waals surface area contributed by atoms with E-state index in [-0.39, 0.29) is 11.7 Å².